The first-order valence-electron chi connectivity index (χ1n) is 11.1. The van der Waals surface area contributed by atoms with Crippen LogP contribution in [0.15, 0.2) is 0 Å². The normalized spacial score (nSPS) is 22.1. The zero-order valence-corrected chi connectivity index (χ0v) is 19.9. The molecule has 2 aliphatic rings. The number of thiocarbonyl (C=S) groups is 1. The van der Waals surface area contributed by atoms with E-state index in [-0.39, 0.29) is 17.7 Å². The minimum Gasteiger partial charge on any atom is -0.337 e. The van der Waals surface area contributed by atoms with Crippen LogP contribution in [0.1, 0.15) is 58.8 Å². The number of hydrogen-bond donors (Lipinski definition) is 0. The van der Waals surface area contributed by atoms with Crippen LogP contribution < -0.4 is 0 Å². The number of rotatable bonds is 12. The minimum absolute atomic E-state index is 0.0961. The van der Waals surface area contributed by atoms with Gasteiger partial charge in [0.05, 0.1) is 5.75 Å². The molecule has 2 saturated heterocycles. The lowest BCUT2D eigenvalue weighted by Crippen LogP contribution is -2.49. The summed E-state index contributed by atoms with van der Waals surface area (Å²) in [5.74, 6) is 0.362. The van der Waals surface area contributed by atoms with Crippen LogP contribution in [0.2, 0.25) is 0 Å². The molecule has 1 unspecified atom stereocenters. The lowest BCUT2D eigenvalue weighted by atomic mass is 10.1. The number of piperazine rings is 1. The maximum absolute atomic E-state index is 12.1. The molecule has 29 heavy (non-hydrogen) atoms. The Kier molecular flexibility index (Phi) is 9.78. The molecule has 0 spiro atoms. The molecule has 0 N–H and O–H groups in total. The van der Waals surface area contributed by atoms with Gasteiger partial charge in [-0.2, -0.15) is 4.31 Å². The zero-order chi connectivity index (χ0) is 21.4. The van der Waals surface area contributed by atoms with Crippen molar-refractivity contribution in [3.05, 3.63) is 0 Å². The molecule has 168 valence electrons. The molecule has 0 aromatic heterocycles. The van der Waals surface area contributed by atoms with E-state index in [4.69, 9.17) is 12.2 Å². The lowest BCUT2D eigenvalue weighted by molar-refractivity contribution is -0.126. The van der Waals surface area contributed by atoms with Crippen molar-refractivity contribution in [2.45, 2.75) is 64.8 Å². The van der Waals surface area contributed by atoms with Gasteiger partial charge in [0.1, 0.15) is 6.04 Å². The van der Waals surface area contributed by atoms with Gasteiger partial charge in [0.25, 0.3) is 5.91 Å². The number of nitrogens with zero attached hydrogens (tertiary/aromatic N) is 4. The van der Waals surface area contributed by atoms with Crippen molar-refractivity contribution in [3.8, 4) is 0 Å². The van der Waals surface area contributed by atoms with Crippen molar-refractivity contribution in [1.82, 2.24) is 19.0 Å². The predicted molar refractivity (Wildman–Crippen MR) is 121 cm³/mol. The molecule has 2 heterocycles. The van der Waals surface area contributed by atoms with Gasteiger partial charge >= 0.3 is 0 Å². The largest absolute Gasteiger partial charge is 0.337 e. The van der Waals surface area contributed by atoms with Crippen LogP contribution in [-0.2, 0) is 14.8 Å². The highest BCUT2D eigenvalue weighted by Gasteiger charge is 2.36. The van der Waals surface area contributed by atoms with Crippen LogP contribution in [0.25, 0.3) is 0 Å². The van der Waals surface area contributed by atoms with E-state index in [1.54, 1.807) is 16.3 Å². The summed E-state index contributed by atoms with van der Waals surface area (Å²) in [6.45, 7) is 8.74. The maximum Gasteiger partial charge on any atom is 0.250 e. The third-order valence-corrected chi connectivity index (χ3v) is 8.58. The Morgan fingerprint density at radius 3 is 2.03 bits per heavy atom. The first-order valence-corrected chi connectivity index (χ1v) is 13.1. The van der Waals surface area contributed by atoms with E-state index < -0.39 is 10.0 Å². The Bertz CT molecular complexity index is 648. The van der Waals surface area contributed by atoms with Gasteiger partial charge in [-0.1, -0.05) is 32.6 Å². The molecule has 2 rings (SSSR count). The predicted octanol–water partition coefficient (Wildman–Crippen LogP) is 2.13. The third kappa shape index (κ3) is 6.87. The number of likely N-dealkylation sites (N-methyl/N-ethyl adjacent to an activating group) is 1. The van der Waals surface area contributed by atoms with Gasteiger partial charge in [-0.15, -0.1) is 0 Å². The molecular weight excluding hydrogens is 408 g/mol. The molecule has 1 amide bonds. The first kappa shape index (κ1) is 24.5. The Balaban J connectivity index is 1.49. The summed E-state index contributed by atoms with van der Waals surface area (Å²) < 4.78 is 25.9. The fourth-order valence-corrected chi connectivity index (χ4v) is 5.93. The van der Waals surface area contributed by atoms with Gasteiger partial charge < -0.3 is 9.80 Å². The zero-order valence-electron chi connectivity index (χ0n) is 18.3. The molecule has 0 aromatic carbocycles. The molecular formula is C20H38N4O3S2. The second kappa shape index (κ2) is 11.6. The Hall–Kier alpha value is -0.770. The topological polar surface area (TPSA) is 64.2 Å². The number of hydrogen-bond acceptors (Lipinski definition) is 5. The number of carbonyl (C=O) groups excluding carboxylic acids is 1. The summed E-state index contributed by atoms with van der Waals surface area (Å²) in [6, 6.07) is -0.120. The number of unbranched alkanes of at least 4 members (excludes halogenated alkanes) is 5. The summed E-state index contributed by atoms with van der Waals surface area (Å²) in [4.78, 5) is 17.9. The molecule has 1 atom stereocenters. The van der Waals surface area contributed by atoms with Crippen molar-refractivity contribution < 1.29 is 13.2 Å². The highest BCUT2D eigenvalue weighted by Crippen LogP contribution is 2.17. The first-order chi connectivity index (χ1) is 13.8. The number of carbonyl (C=O) groups is 1. The van der Waals surface area contributed by atoms with Gasteiger partial charge in [-0.3, -0.25) is 9.69 Å². The van der Waals surface area contributed by atoms with Crippen LogP contribution in [-0.4, -0.2) is 96.6 Å². The molecule has 0 radical (unpaired) electrons. The van der Waals surface area contributed by atoms with E-state index in [0.29, 0.717) is 24.6 Å². The van der Waals surface area contributed by atoms with E-state index in [1.807, 2.05) is 18.7 Å². The molecule has 0 aliphatic carbocycles. The van der Waals surface area contributed by atoms with Crippen molar-refractivity contribution in [1.29, 1.82) is 0 Å². The summed E-state index contributed by atoms with van der Waals surface area (Å²) in [5, 5.41) is 0.657. The van der Waals surface area contributed by atoms with Gasteiger partial charge in [0.2, 0.25) is 10.0 Å². The van der Waals surface area contributed by atoms with E-state index in [2.05, 4.69) is 4.90 Å². The summed E-state index contributed by atoms with van der Waals surface area (Å²) in [7, 11) is -1.29. The SMILES string of the molecule is CCCS(=O)(=O)N1CCN(CCCCCCCCN2C(=S)N(C)C(=O)C2C)CC1. The van der Waals surface area contributed by atoms with Crippen molar-refractivity contribution in [2.24, 2.45) is 0 Å². The molecule has 0 saturated carbocycles. The minimum atomic E-state index is -3.04. The van der Waals surface area contributed by atoms with E-state index in [1.165, 1.54) is 25.7 Å². The average molecular weight is 447 g/mol. The fraction of sp³-hybridized carbons (Fsp3) is 0.900. The molecule has 2 fully saturated rings. The second-order valence-corrected chi connectivity index (χ2v) is 10.7. The van der Waals surface area contributed by atoms with E-state index >= 15 is 0 Å². The van der Waals surface area contributed by atoms with Crippen molar-refractivity contribution >= 4 is 33.3 Å². The maximum atomic E-state index is 12.1. The molecule has 7 nitrogen and oxygen atoms in total. The van der Waals surface area contributed by atoms with E-state index in [9.17, 15) is 13.2 Å². The van der Waals surface area contributed by atoms with Gasteiger partial charge in [-0.05, 0) is 44.9 Å². The standard InChI is InChI=1S/C20H38N4O3S2/c1-4-17-29(26,27)23-15-13-22(14-16-23)11-9-7-5-6-8-10-12-24-18(2)19(25)21(3)20(24)28/h18H,4-17H2,1-3H3. The lowest BCUT2D eigenvalue weighted by Gasteiger charge is -2.33. The average Bonchev–Trinajstić information content (AvgIpc) is 2.87. The number of amides is 1. The summed E-state index contributed by atoms with van der Waals surface area (Å²) >= 11 is 5.35. The summed E-state index contributed by atoms with van der Waals surface area (Å²) in [5.41, 5.74) is 0. The molecule has 2 aliphatic heterocycles. The molecule has 0 bridgehead atoms. The van der Waals surface area contributed by atoms with Gasteiger partial charge in [0, 0.05) is 39.8 Å². The highest BCUT2D eigenvalue weighted by atomic mass is 32.2. The number of sulfonamides is 1. The molecule has 9 heteroatoms. The van der Waals surface area contributed by atoms with Crippen LogP contribution in [0, 0.1) is 0 Å². The van der Waals surface area contributed by atoms with Crippen LogP contribution in [0.4, 0.5) is 0 Å². The van der Waals surface area contributed by atoms with Crippen LogP contribution in [0.5, 0.6) is 0 Å². The quantitative estimate of drug-likeness (QED) is 0.338. The van der Waals surface area contributed by atoms with Crippen molar-refractivity contribution in [3.63, 3.8) is 0 Å². The Morgan fingerprint density at radius 2 is 1.52 bits per heavy atom. The second-order valence-electron chi connectivity index (χ2n) is 8.23. The Morgan fingerprint density at radius 1 is 0.966 bits per heavy atom. The van der Waals surface area contributed by atoms with Crippen molar-refractivity contribution in [2.75, 3.05) is 52.1 Å². The molecule has 0 aromatic rings. The van der Waals surface area contributed by atoms with Gasteiger partial charge in [-0.25, -0.2) is 8.42 Å². The monoisotopic (exact) mass is 446 g/mol. The third-order valence-electron chi connectivity index (χ3n) is 6.00. The summed E-state index contributed by atoms with van der Waals surface area (Å²) in [6.07, 6.45) is 7.74. The Labute approximate surface area is 182 Å². The highest BCUT2D eigenvalue weighted by molar-refractivity contribution is 7.89. The fourth-order valence-electron chi connectivity index (χ4n) is 4.10. The van der Waals surface area contributed by atoms with E-state index in [0.717, 1.165) is 39.0 Å². The van der Waals surface area contributed by atoms with Gasteiger partial charge in [0.15, 0.2) is 5.11 Å². The van der Waals surface area contributed by atoms with Crippen LogP contribution in [0.3, 0.4) is 0 Å². The van der Waals surface area contributed by atoms with Crippen LogP contribution >= 0.6 is 12.2 Å². The smallest absolute Gasteiger partial charge is 0.250 e.